The lowest BCUT2D eigenvalue weighted by molar-refractivity contribution is 0.102. The minimum absolute atomic E-state index is 0.227. The number of sulfonamides is 1. The number of amides is 1. The summed E-state index contributed by atoms with van der Waals surface area (Å²) >= 11 is 0. The van der Waals surface area contributed by atoms with Crippen molar-refractivity contribution in [3.05, 3.63) is 59.7 Å². The third-order valence-corrected chi connectivity index (χ3v) is 6.71. The van der Waals surface area contributed by atoms with Gasteiger partial charge in [0.25, 0.3) is 5.91 Å². The van der Waals surface area contributed by atoms with Crippen LogP contribution >= 0.6 is 0 Å². The van der Waals surface area contributed by atoms with Crippen molar-refractivity contribution in [2.45, 2.75) is 25.2 Å². The van der Waals surface area contributed by atoms with Crippen LogP contribution in [0.25, 0.3) is 0 Å². The zero-order chi connectivity index (χ0) is 20.3. The number of benzene rings is 2. The zero-order valence-corrected chi connectivity index (χ0v) is 16.7. The first-order chi connectivity index (χ1) is 13.3. The van der Waals surface area contributed by atoms with Crippen LogP contribution < -0.4 is 5.32 Å². The molecule has 1 aliphatic rings. The molecule has 2 aromatic rings. The van der Waals surface area contributed by atoms with E-state index in [1.54, 1.807) is 40.7 Å². The summed E-state index contributed by atoms with van der Waals surface area (Å²) in [6.07, 6.45) is 1.03. The van der Waals surface area contributed by atoms with E-state index in [1.807, 2.05) is 6.07 Å². The molecule has 1 N–H and O–H groups in total. The lowest BCUT2D eigenvalue weighted by atomic mass is 9.94. The molecule has 0 bridgehead atoms. The number of nitrogens with one attached hydrogen (secondary N) is 1. The number of carbonyl (C=O) groups is 1. The van der Waals surface area contributed by atoms with Gasteiger partial charge in [0.2, 0.25) is 10.0 Å². The van der Waals surface area contributed by atoms with Gasteiger partial charge in [-0.05, 0) is 66.8 Å². The predicted molar refractivity (Wildman–Crippen MR) is 107 cm³/mol. The Morgan fingerprint density at radius 2 is 1.61 bits per heavy atom. The fourth-order valence-corrected chi connectivity index (χ4v) is 5.24. The number of hydrogen-bond donors (Lipinski definition) is 1. The molecule has 2 aromatic carbocycles. The molecule has 28 heavy (non-hydrogen) atoms. The highest BCUT2D eigenvalue weighted by Crippen LogP contribution is 2.27. The molecule has 0 aromatic heterocycles. The van der Waals surface area contributed by atoms with Gasteiger partial charge in [-0.1, -0.05) is 13.8 Å². The zero-order valence-electron chi connectivity index (χ0n) is 15.9. The Bertz CT molecular complexity index is 983. The van der Waals surface area contributed by atoms with Gasteiger partial charge >= 0.3 is 0 Å². The molecule has 0 radical (unpaired) electrons. The molecule has 2 atom stereocenters. The van der Waals surface area contributed by atoms with Gasteiger partial charge in [0.1, 0.15) is 0 Å². The van der Waals surface area contributed by atoms with Crippen LogP contribution in [0.1, 0.15) is 36.2 Å². The number of nitrogens with zero attached hydrogens (tertiary/aromatic N) is 2. The molecule has 3 rings (SSSR count). The largest absolute Gasteiger partial charge is 0.322 e. The second kappa shape index (κ2) is 8.13. The van der Waals surface area contributed by atoms with Crippen LogP contribution in [0, 0.1) is 23.2 Å². The van der Waals surface area contributed by atoms with Crippen molar-refractivity contribution in [1.29, 1.82) is 5.26 Å². The third-order valence-electron chi connectivity index (χ3n) is 4.86. The van der Waals surface area contributed by atoms with E-state index in [2.05, 4.69) is 19.2 Å². The fraction of sp³-hybridized carbons (Fsp3) is 0.333. The second-order valence-electron chi connectivity index (χ2n) is 7.44. The Balaban J connectivity index is 1.72. The van der Waals surface area contributed by atoms with Crippen molar-refractivity contribution in [3.63, 3.8) is 0 Å². The first-order valence-electron chi connectivity index (χ1n) is 9.21. The molecule has 1 saturated heterocycles. The minimum Gasteiger partial charge on any atom is -0.322 e. The number of rotatable bonds is 4. The average Bonchev–Trinajstić information content (AvgIpc) is 2.67. The highest BCUT2D eigenvalue weighted by molar-refractivity contribution is 7.89. The lowest BCUT2D eigenvalue weighted by Crippen LogP contribution is -2.42. The fourth-order valence-electron chi connectivity index (χ4n) is 3.56. The number of piperidine rings is 1. The monoisotopic (exact) mass is 397 g/mol. The van der Waals surface area contributed by atoms with E-state index in [9.17, 15) is 13.2 Å². The minimum atomic E-state index is -3.54. The van der Waals surface area contributed by atoms with Gasteiger partial charge in [-0.25, -0.2) is 8.42 Å². The Labute approximate surface area is 165 Å². The molecule has 2 unspecified atom stereocenters. The van der Waals surface area contributed by atoms with Crippen molar-refractivity contribution in [1.82, 2.24) is 4.31 Å². The molecule has 1 aliphatic heterocycles. The van der Waals surface area contributed by atoms with E-state index in [1.165, 1.54) is 12.1 Å². The van der Waals surface area contributed by atoms with Crippen LogP contribution in [0.15, 0.2) is 53.4 Å². The molecular weight excluding hydrogens is 374 g/mol. The molecule has 0 aliphatic carbocycles. The standard InChI is InChI=1S/C21H23N3O3S/c1-15-11-16(2)14-24(13-15)28(26,27)20-9-7-19(8-10-20)23-21(25)18-5-3-17(12-22)4-6-18/h3-10,15-16H,11,13-14H2,1-2H3,(H,23,25). The Morgan fingerprint density at radius 3 is 2.14 bits per heavy atom. The van der Waals surface area contributed by atoms with E-state index in [-0.39, 0.29) is 10.8 Å². The SMILES string of the molecule is CC1CC(C)CN(S(=O)(=O)c2ccc(NC(=O)c3ccc(C#N)cc3)cc2)C1. The first-order valence-corrected chi connectivity index (χ1v) is 10.7. The van der Waals surface area contributed by atoms with Gasteiger partial charge in [0.15, 0.2) is 0 Å². The molecule has 1 amide bonds. The van der Waals surface area contributed by atoms with Crippen molar-refractivity contribution >= 4 is 21.6 Å². The maximum Gasteiger partial charge on any atom is 0.255 e. The van der Waals surface area contributed by atoms with Crippen molar-refractivity contribution < 1.29 is 13.2 Å². The highest BCUT2D eigenvalue weighted by atomic mass is 32.2. The van der Waals surface area contributed by atoms with Crippen molar-refractivity contribution in [2.75, 3.05) is 18.4 Å². The number of carbonyl (C=O) groups excluding carboxylic acids is 1. The van der Waals surface area contributed by atoms with Gasteiger partial charge in [0, 0.05) is 24.3 Å². The quantitative estimate of drug-likeness (QED) is 0.855. The summed E-state index contributed by atoms with van der Waals surface area (Å²) in [4.78, 5) is 12.5. The summed E-state index contributed by atoms with van der Waals surface area (Å²) in [6, 6.07) is 14.5. The molecule has 6 nitrogen and oxygen atoms in total. The van der Waals surface area contributed by atoms with Crippen LogP contribution in [0.3, 0.4) is 0 Å². The summed E-state index contributed by atoms with van der Waals surface area (Å²) in [5.74, 6) is 0.354. The van der Waals surface area contributed by atoms with E-state index in [0.717, 1.165) is 6.42 Å². The Kier molecular flexibility index (Phi) is 5.82. The van der Waals surface area contributed by atoms with Gasteiger partial charge in [-0.15, -0.1) is 0 Å². The van der Waals surface area contributed by atoms with Gasteiger partial charge in [0.05, 0.1) is 16.5 Å². The molecular formula is C21H23N3O3S. The smallest absolute Gasteiger partial charge is 0.255 e. The van der Waals surface area contributed by atoms with E-state index >= 15 is 0 Å². The second-order valence-corrected chi connectivity index (χ2v) is 9.37. The maximum absolute atomic E-state index is 12.9. The first kappa shape index (κ1) is 20.1. The summed E-state index contributed by atoms with van der Waals surface area (Å²) in [7, 11) is -3.54. The maximum atomic E-state index is 12.9. The van der Waals surface area contributed by atoms with Crippen LogP contribution in [0.2, 0.25) is 0 Å². The molecule has 7 heteroatoms. The average molecular weight is 398 g/mol. The Hall–Kier alpha value is -2.69. The molecule has 146 valence electrons. The van der Waals surface area contributed by atoms with Gasteiger partial charge in [-0.3, -0.25) is 4.79 Å². The number of hydrogen-bond acceptors (Lipinski definition) is 4. The Morgan fingerprint density at radius 1 is 1.04 bits per heavy atom. The molecule has 0 saturated carbocycles. The van der Waals surface area contributed by atoms with Crippen LogP contribution in [-0.2, 0) is 10.0 Å². The van der Waals surface area contributed by atoms with Crippen LogP contribution in [0.5, 0.6) is 0 Å². The normalized spacial score (nSPS) is 20.3. The van der Waals surface area contributed by atoms with Crippen molar-refractivity contribution in [3.8, 4) is 6.07 Å². The molecule has 1 fully saturated rings. The number of nitriles is 1. The van der Waals surface area contributed by atoms with Crippen LogP contribution in [0.4, 0.5) is 5.69 Å². The summed E-state index contributed by atoms with van der Waals surface area (Å²) in [5, 5.41) is 11.6. The van der Waals surface area contributed by atoms with Gasteiger partial charge < -0.3 is 5.32 Å². The summed E-state index contributed by atoms with van der Waals surface area (Å²) < 4.78 is 27.4. The highest BCUT2D eigenvalue weighted by Gasteiger charge is 2.31. The lowest BCUT2D eigenvalue weighted by Gasteiger charge is -2.34. The number of anilines is 1. The van der Waals surface area contributed by atoms with E-state index < -0.39 is 10.0 Å². The molecule has 1 heterocycles. The third kappa shape index (κ3) is 4.41. The van der Waals surface area contributed by atoms with Crippen molar-refractivity contribution in [2.24, 2.45) is 11.8 Å². The predicted octanol–water partition coefficient (Wildman–Crippen LogP) is 3.48. The van der Waals surface area contributed by atoms with Crippen LogP contribution in [-0.4, -0.2) is 31.7 Å². The van der Waals surface area contributed by atoms with E-state index in [4.69, 9.17) is 5.26 Å². The summed E-state index contributed by atoms with van der Waals surface area (Å²) in [6.45, 7) is 5.20. The van der Waals surface area contributed by atoms with E-state index in [0.29, 0.717) is 41.7 Å². The summed E-state index contributed by atoms with van der Waals surface area (Å²) in [5.41, 5.74) is 1.41. The molecule has 0 spiro atoms. The van der Waals surface area contributed by atoms with Gasteiger partial charge in [-0.2, -0.15) is 9.57 Å². The topological polar surface area (TPSA) is 90.3 Å².